The lowest BCUT2D eigenvalue weighted by Crippen LogP contribution is -2.47. The van der Waals surface area contributed by atoms with Gasteiger partial charge in [0.1, 0.15) is 0 Å². The quantitative estimate of drug-likeness (QED) is 0.598. The number of nitrogens with one attached hydrogen (secondary N) is 1. The Morgan fingerprint density at radius 1 is 1.24 bits per heavy atom. The Kier molecular flexibility index (Phi) is 7.09. The second-order valence-corrected chi connectivity index (χ2v) is 5.17. The van der Waals surface area contributed by atoms with Crippen LogP contribution in [0.15, 0.2) is 0 Å². The maximum absolute atomic E-state index is 5.69. The van der Waals surface area contributed by atoms with Crippen molar-refractivity contribution in [3.05, 3.63) is 0 Å². The third-order valence-electron chi connectivity index (χ3n) is 3.67. The summed E-state index contributed by atoms with van der Waals surface area (Å²) in [5.41, 5.74) is 0.140. The smallest absolute Gasteiger partial charge is 0.0694 e. The van der Waals surface area contributed by atoms with Gasteiger partial charge in [-0.15, -0.1) is 0 Å². The molecule has 3 heteroatoms. The van der Waals surface area contributed by atoms with Gasteiger partial charge in [-0.3, -0.25) is 0 Å². The molecular formula is C14H29NO2. The molecule has 0 heterocycles. The number of ether oxygens (including phenoxy) is 2. The van der Waals surface area contributed by atoms with E-state index >= 15 is 0 Å². The molecule has 1 atom stereocenters. The molecule has 0 radical (unpaired) electrons. The SMILES string of the molecule is CCCNC(COCCC)CC1(OC)CCC1. The highest BCUT2D eigenvalue weighted by atomic mass is 16.5. The molecule has 0 aromatic carbocycles. The van der Waals surface area contributed by atoms with Crippen molar-refractivity contribution < 1.29 is 9.47 Å². The summed E-state index contributed by atoms with van der Waals surface area (Å²) in [6, 6.07) is 0.446. The molecule has 1 aliphatic rings. The molecule has 102 valence electrons. The summed E-state index contributed by atoms with van der Waals surface area (Å²) >= 11 is 0. The van der Waals surface area contributed by atoms with Crippen LogP contribution in [-0.4, -0.2) is 38.5 Å². The van der Waals surface area contributed by atoms with Crippen molar-refractivity contribution in [2.75, 3.05) is 26.9 Å². The molecule has 0 amide bonds. The Hall–Kier alpha value is -0.120. The van der Waals surface area contributed by atoms with Crippen LogP contribution in [0.2, 0.25) is 0 Å². The van der Waals surface area contributed by atoms with Gasteiger partial charge in [0.05, 0.1) is 12.2 Å². The van der Waals surface area contributed by atoms with Gasteiger partial charge in [0.15, 0.2) is 0 Å². The predicted octanol–water partition coefficient (Wildman–Crippen LogP) is 2.74. The monoisotopic (exact) mass is 243 g/mol. The fourth-order valence-electron chi connectivity index (χ4n) is 2.42. The van der Waals surface area contributed by atoms with Crippen LogP contribution in [0, 0.1) is 0 Å². The zero-order chi connectivity index (χ0) is 12.6. The highest BCUT2D eigenvalue weighted by molar-refractivity contribution is 4.93. The Balaban J connectivity index is 2.33. The first kappa shape index (κ1) is 14.9. The maximum atomic E-state index is 5.69. The van der Waals surface area contributed by atoms with Gasteiger partial charge in [-0.1, -0.05) is 13.8 Å². The zero-order valence-corrected chi connectivity index (χ0v) is 11.8. The van der Waals surface area contributed by atoms with Gasteiger partial charge in [0.25, 0.3) is 0 Å². The summed E-state index contributed by atoms with van der Waals surface area (Å²) < 4.78 is 11.4. The van der Waals surface area contributed by atoms with Gasteiger partial charge in [0.2, 0.25) is 0 Å². The first-order valence-electron chi connectivity index (χ1n) is 7.12. The molecule has 1 fully saturated rings. The summed E-state index contributed by atoms with van der Waals surface area (Å²) in [5.74, 6) is 0. The summed E-state index contributed by atoms with van der Waals surface area (Å²) in [6.45, 7) is 7.10. The van der Waals surface area contributed by atoms with Crippen LogP contribution in [0.25, 0.3) is 0 Å². The molecule has 17 heavy (non-hydrogen) atoms. The molecule has 3 nitrogen and oxygen atoms in total. The van der Waals surface area contributed by atoms with Crippen LogP contribution in [-0.2, 0) is 9.47 Å². The summed E-state index contributed by atoms with van der Waals surface area (Å²) in [4.78, 5) is 0. The molecule has 0 bridgehead atoms. The molecule has 1 aliphatic carbocycles. The van der Waals surface area contributed by atoms with E-state index in [1.165, 1.54) is 25.7 Å². The average Bonchev–Trinajstić information content (AvgIpc) is 2.30. The van der Waals surface area contributed by atoms with E-state index in [1.54, 1.807) is 0 Å². The minimum absolute atomic E-state index is 0.140. The van der Waals surface area contributed by atoms with Gasteiger partial charge >= 0.3 is 0 Å². The Labute approximate surface area is 106 Å². The van der Waals surface area contributed by atoms with Crippen molar-refractivity contribution in [2.24, 2.45) is 0 Å². The van der Waals surface area contributed by atoms with E-state index in [9.17, 15) is 0 Å². The van der Waals surface area contributed by atoms with Crippen molar-refractivity contribution in [3.8, 4) is 0 Å². The van der Waals surface area contributed by atoms with Crippen LogP contribution in [0.3, 0.4) is 0 Å². The normalized spacial score (nSPS) is 19.9. The van der Waals surface area contributed by atoms with Crippen LogP contribution < -0.4 is 5.32 Å². The zero-order valence-electron chi connectivity index (χ0n) is 11.8. The number of hydrogen-bond acceptors (Lipinski definition) is 3. The molecule has 0 aliphatic heterocycles. The summed E-state index contributed by atoms with van der Waals surface area (Å²) in [7, 11) is 1.85. The minimum atomic E-state index is 0.140. The Morgan fingerprint density at radius 3 is 2.47 bits per heavy atom. The van der Waals surface area contributed by atoms with Crippen molar-refractivity contribution >= 4 is 0 Å². The largest absolute Gasteiger partial charge is 0.380 e. The lowest BCUT2D eigenvalue weighted by Gasteiger charge is -2.43. The number of methoxy groups -OCH3 is 1. The molecule has 1 rings (SSSR count). The molecular weight excluding hydrogens is 214 g/mol. The Bertz CT molecular complexity index is 187. The molecule has 0 aromatic rings. The predicted molar refractivity (Wildman–Crippen MR) is 71.4 cm³/mol. The van der Waals surface area contributed by atoms with Gasteiger partial charge < -0.3 is 14.8 Å². The lowest BCUT2D eigenvalue weighted by atomic mass is 9.75. The molecule has 1 unspecified atom stereocenters. The van der Waals surface area contributed by atoms with E-state index in [0.29, 0.717) is 6.04 Å². The number of rotatable bonds is 10. The van der Waals surface area contributed by atoms with E-state index in [2.05, 4.69) is 19.2 Å². The van der Waals surface area contributed by atoms with E-state index in [0.717, 1.165) is 32.6 Å². The van der Waals surface area contributed by atoms with E-state index in [-0.39, 0.29) is 5.60 Å². The van der Waals surface area contributed by atoms with Crippen LogP contribution in [0.4, 0.5) is 0 Å². The fraction of sp³-hybridized carbons (Fsp3) is 1.00. The third-order valence-corrected chi connectivity index (χ3v) is 3.67. The second kappa shape index (κ2) is 8.06. The topological polar surface area (TPSA) is 30.5 Å². The van der Waals surface area contributed by atoms with Gasteiger partial charge in [0, 0.05) is 19.8 Å². The molecule has 1 saturated carbocycles. The molecule has 0 spiro atoms. The highest BCUT2D eigenvalue weighted by Crippen LogP contribution is 2.38. The molecule has 1 N–H and O–H groups in total. The fourth-order valence-corrected chi connectivity index (χ4v) is 2.42. The standard InChI is InChI=1S/C14H29NO2/c1-4-9-15-13(12-17-10-5-2)11-14(16-3)7-6-8-14/h13,15H,4-12H2,1-3H3. The van der Waals surface area contributed by atoms with E-state index in [4.69, 9.17) is 9.47 Å². The maximum Gasteiger partial charge on any atom is 0.0694 e. The Morgan fingerprint density at radius 2 is 2.00 bits per heavy atom. The highest BCUT2D eigenvalue weighted by Gasteiger charge is 2.38. The summed E-state index contributed by atoms with van der Waals surface area (Å²) in [5, 5.41) is 3.58. The van der Waals surface area contributed by atoms with Gasteiger partial charge in [-0.25, -0.2) is 0 Å². The minimum Gasteiger partial charge on any atom is -0.380 e. The number of hydrogen-bond donors (Lipinski definition) is 1. The van der Waals surface area contributed by atoms with E-state index in [1.807, 2.05) is 7.11 Å². The van der Waals surface area contributed by atoms with Crippen LogP contribution in [0.5, 0.6) is 0 Å². The lowest BCUT2D eigenvalue weighted by molar-refractivity contribution is -0.0881. The first-order chi connectivity index (χ1) is 8.26. The van der Waals surface area contributed by atoms with E-state index < -0.39 is 0 Å². The van der Waals surface area contributed by atoms with Crippen molar-refractivity contribution in [1.82, 2.24) is 5.32 Å². The van der Waals surface area contributed by atoms with Crippen LogP contribution in [0.1, 0.15) is 52.4 Å². The third kappa shape index (κ3) is 4.94. The van der Waals surface area contributed by atoms with Gasteiger partial charge in [-0.05, 0) is 45.1 Å². The summed E-state index contributed by atoms with van der Waals surface area (Å²) in [6.07, 6.45) is 7.08. The molecule has 0 aromatic heterocycles. The van der Waals surface area contributed by atoms with Crippen LogP contribution >= 0.6 is 0 Å². The first-order valence-corrected chi connectivity index (χ1v) is 7.12. The second-order valence-electron chi connectivity index (χ2n) is 5.17. The van der Waals surface area contributed by atoms with Crippen molar-refractivity contribution in [2.45, 2.75) is 64.0 Å². The average molecular weight is 243 g/mol. The van der Waals surface area contributed by atoms with Crippen molar-refractivity contribution in [1.29, 1.82) is 0 Å². The van der Waals surface area contributed by atoms with Crippen molar-refractivity contribution in [3.63, 3.8) is 0 Å². The van der Waals surface area contributed by atoms with Gasteiger partial charge in [-0.2, -0.15) is 0 Å². The molecule has 0 saturated heterocycles.